The van der Waals surface area contributed by atoms with Crippen molar-refractivity contribution in [1.82, 2.24) is 0 Å². The summed E-state index contributed by atoms with van der Waals surface area (Å²) in [4.78, 5) is 0. The summed E-state index contributed by atoms with van der Waals surface area (Å²) in [6.45, 7) is 7.57. The minimum Gasteiger partial charge on any atom is -0.285 e. The second-order valence-corrected chi connectivity index (χ2v) is 9.00. The maximum absolute atomic E-state index is 11.1. The third-order valence-corrected chi connectivity index (χ3v) is 9.60. The molecule has 0 radical (unpaired) electrons. The van der Waals surface area contributed by atoms with Gasteiger partial charge in [-0.25, -0.2) is 0 Å². The van der Waals surface area contributed by atoms with Crippen molar-refractivity contribution in [3.63, 3.8) is 0 Å². The number of rotatable bonds is 4. The molecule has 3 nitrogen and oxygen atoms in total. The van der Waals surface area contributed by atoms with Crippen molar-refractivity contribution < 1.29 is 13.0 Å². The van der Waals surface area contributed by atoms with Gasteiger partial charge in [0.05, 0.1) is 13.2 Å². The molecule has 74 valence electrons. The van der Waals surface area contributed by atoms with Crippen LogP contribution in [0, 0.1) is 0 Å². The molecule has 0 saturated carbocycles. The van der Waals surface area contributed by atoms with E-state index in [4.69, 9.17) is 4.55 Å². The fourth-order valence-electron chi connectivity index (χ4n) is 1.73. The molecule has 0 bridgehead atoms. The standard InChI is InChI=1S/C7H18O3SSi/c1-5-7(6-2,12(3)4)11(8,9)10/h12H,5-6H2,1-4H3,(H,8,9,10). The van der Waals surface area contributed by atoms with Crippen LogP contribution in [-0.2, 0) is 10.1 Å². The van der Waals surface area contributed by atoms with E-state index in [0.717, 1.165) is 0 Å². The van der Waals surface area contributed by atoms with E-state index in [2.05, 4.69) is 0 Å². The highest BCUT2D eigenvalue weighted by molar-refractivity contribution is 7.89. The molecule has 0 rings (SSSR count). The first-order valence-electron chi connectivity index (χ1n) is 4.28. The van der Waals surface area contributed by atoms with Crippen LogP contribution in [0.5, 0.6) is 0 Å². The molecule has 0 aliphatic heterocycles. The second-order valence-electron chi connectivity index (χ2n) is 3.40. The van der Waals surface area contributed by atoms with Crippen LogP contribution in [0.3, 0.4) is 0 Å². The zero-order valence-electron chi connectivity index (χ0n) is 8.16. The van der Waals surface area contributed by atoms with Crippen molar-refractivity contribution in [2.45, 2.75) is 44.2 Å². The Balaban J connectivity index is 5.12. The van der Waals surface area contributed by atoms with E-state index in [-0.39, 0.29) is 0 Å². The van der Waals surface area contributed by atoms with Gasteiger partial charge in [-0.3, -0.25) is 4.55 Å². The second kappa shape index (κ2) is 3.89. The molecule has 0 unspecified atom stereocenters. The van der Waals surface area contributed by atoms with Gasteiger partial charge in [0.25, 0.3) is 10.1 Å². The minimum atomic E-state index is -3.86. The summed E-state index contributed by atoms with van der Waals surface area (Å²) in [5, 5.41) is 0. The summed E-state index contributed by atoms with van der Waals surface area (Å²) >= 11 is 0. The predicted molar refractivity (Wildman–Crippen MR) is 53.7 cm³/mol. The Bertz CT molecular complexity index is 229. The molecule has 0 spiro atoms. The van der Waals surface area contributed by atoms with Gasteiger partial charge in [0.1, 0.15) is 0 Å². The van der Waals surface area contributed by atoms with Crippen molar-refractivity contribution in [1.29, 1.82) is 0 Å². The van der Waals surface area contributed by atoms with Crippen LogP contribution >= 0.6 is 0 Å². The highest BCUT2D eigenvalue weighted by atomic mass is 32.2. The summed E-state index contributed by atoms with van der Waals surface area (Å²) < 4.78 is 30.6. The maximum Gasteiger partial charge on any atom is 0.267 e. The molecule has 0 aromatic carbocycles. The van der Waals surface area contributed by atoms with Crippen LogP contribution in [0.25, 0.3) is 0 Å². The average Bonchev–Trinajstić information content (AvgIpc) is 1.87. The SMILES string of the molecule is CCC(CC)([SiH](C)C)S(=O)(=O)O. The van der Waals surface area contributed by atoms with Crippen molar-refractivity contribution in [2.24, 2.45) is 0 Å². The van der Waals surface area contributed by atoms with Crippen molar-refractivity contribution in [2.75, 3.05) is 0 Å². The minimum absolute atomic E-state index is 0.520. The van der Waals surface area contributed by atoms with E-state index >= 15 is 0 Å². The first kappa shape index (κ1) is 12.1. The van der Waals surface area contributed by atoms with Gasteiger partial charge >= 0.3 is 0 Å². The lowest BCUT2D eigenvalue weighted by Crippen LogP contribution is -2.48. The van der Waals surface area contributed by atoms with Crippen LogP contribution in [0.1, 0.15) is 26.7 Å². The van der Waals surface area contributed by atoms with Crippen LogP contribution in [-0.4, -0.2) is 26.1 Å². The van der Waals surface area contributed by atoms with Gasteiger partial charge in [-0.15, -0.1) is 0 Å². The van der Waals surface area contributed by atoms with E-state index in [0.29, 0.717) is 12.8 Å². The van der Waals surface area contributed by atoms with E-state index in [9.17, 15) is 8.42 Å². The highest BCUT2D eigenvalue weighted by Crippen LogP contribution is 2.27. The molecule has 0 aromatic heterocycles. The Kier molecular flexibility index (Phi) is 3.93. The molecule has 0 heterocycles. The average molecular weight is 210 g/mol. The molecule has 0 aliphatic rings. The topological polar surface area (TPSA) is 54.4 Å². The lowest BCUT2D eigenvalue weighted by atomic mass is 10.2. The normalized spacial score (nSPS) is 13.8. The van der Waals surface area contributed by atoms with Gasteiger partial charge in [0.15, 0.2) is 0 Å². The molecule has 0 atom stereocenters. The third-order valence-electron chi connectivity index (χ3n) is 2.76. The van der Waals surface area contributed by atoms with Gasteiger partial charge in [-0.2, -0.15) is 8.42 Å². The molecule has 5 heteroatoms. The van der Waals surface area contributed by atoms with E-state index in [1.807, 2.05) is 26.9 Å². The van der Waals surface area contributed by atoms with Crippen LogP contribution in [0.15, 0.2) is 0 Å². The van der Waals surface area contributed by atoms with E-state index < -0.39 is 23.3 Å². The lowest BCUT2D eigenvalue weighted by Gasteiger charge is -2.31. The summed E-state index contributed by atoms with van der Waals surface area (Å²) in [7, 11) is -5.25. The molecule has 0 fully saturated rings. The first-order chi connectivity index (χ1) is 5.31. The Hall–Kier alpha value is 0.127. The molecule has 0 aromatic rings. The van der Waals surface area contributed by atoms with Crippen LogP contribution in [0.4, 0.5) is 0 Å². The molecule has 0 aliphatic carbocycles. The fraction of sp³-hybridized carbons (Fsp3) is 1.00. The largest absolute Gasteiger partial charge is 0.285 e. The predicted octanol–water partition coefficient (Wildman–Crippen LogP) is 1.46. The smallest absolute Gasteiger partial charge is 0.267 e. The molecule has 1 N–H and O–H groups in total. The van der Waals surface area contributed by atoms with Gasteiger partial charge in [0.2, 0.25) is 0 Å². The summed E-state index contributed by atoms with van der Waals surface area (Å²) in [6.07, 6.45) is 1.04. The number of hydrogen-bond donors (Lipinski definition) is 1. The van der Waals surface area contributed by atoms with Gasteiger partial charge < -0.3 is 0 Å². The molecule has 0 amide bonds. The Morgan fingerprint density at radius 1 is 1.25 bits per heavy atom. The zero-order chi connectivity index (χ0) is 9.99. The van der Waals surface area contributed by atoms with Gasteiger partial charge in [-0.05, 0) is 12.8 Å². The fourth-order valence-corrected chi connectivity index (χ4v) is 6.47. The number of hydrogen-bond acceptors (Lipinski definition) is 2. The third kappa shape index (κ3) is 1.89. The van der Waals surface area contributed by atoms with E-state index in [1.165, 1.54) is 0 Å². The Labute approximate surface area is 76.5 Å². The van der Waals surface area contributed by atoms with E-state index in [1.54, 1.807) is 0 Å². The van der Waals surface area contributed by atoms with Crippen molar-refractivity contribution in [3.05, 3.63) is 0 Å². The molecule has 0 saturated heterocycles. The molecular formula is C7H18O3SSi. The summed E-state index contributed by atoms with van der Waals surface area (Å²) in [6, 6.07) is 0. The quantitative estimate of drug-likeness (QED) is 0.564. The van der Waals surface area contributed by atoms with Gasteiger partial charge in [0, 0.05) is 0 Å². The van der Waals surface area contributed by atoms with Crippen LogP contribution in [0.2, 0.25) is 13.1 Å². The van der Waals surface area contributed by atoms with Gasteiger partial charge in [-0.1, -0.05) is 26.9 Å². The maximum atomic E-state index is 11.1. The lowest BCUT2D eigenvalue weighted by molar-refractivity contribution is 0.447. The monoisotopic (exact) mass is 210 g/mol. The van der Waals surface area contributed by atoms with Crippen LogP contribution < -0.4 is 0 Å². The first-order valence-corrected chi connectivity index (χ1v) is 8.61. The summed E-state index contributed by atoms with van der Waals surface area (Å²) in [5.41, 5.74) is 0. The molecular weight excluding hydrogens is 192 g/mol. The Morgan fingerprint density at radius 3 is 1.58 bits per heavy atom. The Morgan fingerprint density at radius 2 is 1.58 bits per heavy atom. The highest BCUT2D eigenvalue weighted by Gasteiger charge is 2.42. The van der Waals surface area contributed by atoms with Crippen molar-refractivity contribution >= 4 is 18.9 Å². The summed E-state index contributed by atoms with van der Waals surface area (Å²) in [5.74, 6) is 0. The zero-order valence-corrected chi connectivity index (χ0v) is 10.1. The van der Waals surface area contributed by atoms with Crippen molar-refractivity contribution in [3.8, 4) is 0 Å². The molecule has 12 heavy (non-hydrogen) atoms.